The van der Waals surface area contributed by atoms with Gasteiger partial charge in [0.1, 0.15) is 0 Å². The van der Waals surface area contributed by atoms with Crippen LogP contribution in [0, 0.1) is 5.92 Å². The normalized spacial score (nSPS) is 22.5. The summed E-state index contributed by atoms with van der Waals surface area (Å²) in [6.45, 7) is 2.22. The molecule has 3 atom stereocenters. The van der Waals surface area contributed by atoms with Crippen LogP contribution in [0.4, 0.5) is 0 Å². The Morgan fingerprint density at radius 3 is 2.65 bits per heavy atom. The summed E-state index contributed by atoms with van der Waals surface area (Å²) in [5.74, 6) is 1.26. The van der Waals surface area contributed by atoms with Crippen molar-refractivity contribution in [3.05, 3.63) is 71.3 Å². The highest BCUT2D eigenvalue weighted by Crippen LogP contribution is 2.53. The maximum Gasteiger partial charge on any atom is 0.0329 e. The number of rotatable bonds is 5. The second-order valence-electron chi connectivity index (χ2n) is 5.94. The molecule has 2 aromatic rings. The minimum atomic E-state index is 0.178. The zero-order valence-electron chi connectivity index (χ0n) is 12.1. The molecular formula is C19H23N. The van der Waals surface area contributed by atoms with Crippen LogP contribution in [-0.4, -0.2) is 0 Å². The first-order valence-corrected chi connectivity index (χ1v) is 7.69. The molecule has 3 rings (SSSR count). The molecule has 1 aliphatic carbocycles. The average Bonchev–Trinajstić information content (AvgIpc) is 3.29. The lowest BCUT2D eigenvalue weighted by Gasteiger charge is -2.13. The van der Waals surface area contributed by atoms with Gasteiger partial charge in [0.05, 0.1) is 0 Å². The van der Waals surface area contributed by atoms with Crippen LogP contribution in [0.1, 0.15) is 48.4 Å². The van der Waals surface area contributed by atoms with E-state index in [4.69, 9.17) is 5.73 Å². The SMILES string of the molecule is CCCc1cccc(C(N)C2CC2c2ccccc2)c1. The van der Waals surface area contributed by atoms with Crippen LogP contribution >= 0.6 is 0 Å². The predicted octanol–water partition coefficient (Wildman–Crippen LogP) is 4.44. The van der Waals surface area contributed by atoms with E-state index in [1.54, 1.807) is 0 Å². The molecule has 20 heavy (non-hydrogen) atoms. The first kappa shape index (κ1) is 13.4. The van der Waals surface area contributed by atoms with Gasteiger partial charge < -0.3 is 5.73 Å². The Balaban J connectivity index is 1.71. The Labute approximate surface area is 121 Å². The van der Waals surface area contributed by atoms with Crippen molar-refractivity contribution >= 4 is 0 Å². The minimum Gasteiger partial charge on any atom is -0.324 e. The van der Waals surface area contributed by atoms with Crippen LogP contribution in [-0.2, 0) is 6.42 Å². The lowest BCUT2D eigenvalue weighted by molar-refractivity contribution is 0.615. The molecule has 0 heterocycles. The Morgan fingerprint density at radius 1 is 1.10 bits per heavy atom. The molecule has 2 aromatic carbocycles. The van der Waals surface area contributed by atoms with Gasteiger partial charge in [-0.05, 0) is 41.4 Å². The van der Waals surface area contributed by atoms with Crippen molar-refractivity contribution in [2.75, 3.05) is 0 Å². The number of hydrogen-bond acceptors (Lipinski definition) is 1. The monoisotopic (exact) mass is 265 g/mol. The molecule has 0 aliphatic heterocycles. The standard InChI is InChI=1S/C19H23N/c1-2-7-14-8-6-11-16(12-14)19(20)18-13-17(18)15-9-4-3-5-10-15/h3-6,8-12,17-19H,2,7,13,20H2,1H3. The van der Waals surface area contributed by atoms with Crippen molar-refractivity contribution in [2.45, 2.75) is 38.1 Å². The molecule has 0 radical (unpaired) electrons. The van der Waals surface area contributed by atoms with E-state index in [0.717, 1.165) is 6.42 Å². The lowest BCUT2D eigenvalue weighted by Crippen LogP contribution is -2.13. The molecule has 0 saturated heterocycles. The van der Waals surface area contributed by atoms with E-state index in [1.807, 2.05) is 0 Å². The van der Waals surface area contributed by atoms with E-state index in [2.05, 4.69) is 61.5 Å². The van der Waals surface area contributed by atoms with Gasteiger partial charge in [-0.3, -0.25) is 0 Å². The summed E-state index contributed by atoms with van der Waals surface area (Å²) in [7, 11) is 0. The molecule has 1 heteroatoms. The van der Waals surface area contributed by atoms with Crippen molar-refractivity contribution in [2.24, 2.45) is 11.7 Å². The number of hydrogen-bond donors (Lipinski definition) is 1. The second kappa shape index (κ2) is 5.80. The molecule has 0 spiro atoms. The summed E-state index contributed by atoms with van der Waals surface area (Å²) in [5.41, 5.74) is 10.7. The van der Waals surface area contributed by atoms with Crippen molar-refractivity contribution < 1.29 is 0 Å². The molecule has 2 N–H and O–H groups in total. The lowest BCUT2D eigenvalue weighted by atomic mass is 9.97. The molecule has 0 bridgehead atoms. The Bertz CT molecular complexity index is 561. The van der Waals surface area contributed by atoms with E-state index in [1.165, 1.54) is 29.5 Å². The van der Waals surface area contributed by atoms with Gasteiger partial charge in [-0.1, -0.05) is 67.9 Å². The van der Waals surface area contributed by atoms with Crippen LogP contribution in [0.5, 0.6) is 0 Å². The van der Waals surface area contributed by atoms with Crippen molar-refractivity contribution in [1.29, 1.82) is 0 Å². The van der Waals surface area contributed by atoms with Crippen LogP contribution in [0.25, 0.3) is 0 Å². The minimum absolute atomic E-state index is 0.178. The average molecular weight is 265 g/mol. The van der Waals surface area contributed by atoms with Crippen LogP contribution in [0.3, 0.4) is 0 Å². The van der Waals surface area contributed by atoms with Crippen molar-refractivity contribution in [3.8, 4) is 0 Å². The quantitative estimate of drug-likeness (QED) is 0.849. The van der Waals surface area contributed by atoms with E-state index < -0.39 is 0 Å². The molecule has 3 unspecified atom stereocenters. The maximum atomic E-state index is 6.49. The highest BCUT2D eigenvalue weighted by molar-refractivity contribution is 5.32. The number of nitrogens with two attached hydrogens (primary N) is 1. The fraction of sp³-hybridized carbons (Fsp3) is 0.368. The zero-order valence-corrected chi connectivity index (χ0v) is 12.1. The smallest absolute Gasteiger partial charge is 0.0329 e. The molecule has 0 amide bonds. The topological polar surface area (TPSA) is 26.0 Å². The third kappa shape index (κ3) is 2.78. The van der Waals surface area contributed by atoms with Crippen molar-refractivity contribution in [3.63, 3.8) is 0 Å². The summed E-state index contributed by atoms with van der Waals surface area (Å²) in [6.07, 6.45) is 3.56. The van der Waals surface area contributed by atoms with Gasteiger partial charge in [0.2, 0.25) is 0 Å². The first-order chi connectivity index (χ1) is 9.79. The van der Waals surface area contributed by atoms with Gasteiger partial charge in [0.25, 0.3) is 0 Å². The number of benzene rings is 2. The van der Waals surface area contributed by atoms with Gasteiger partial charge in [0, 0.05) is 6.04 Å². The molecule has 1 aliphatic rings. The van der Waals surface area contributed by atoms with Crippen molar-refractivity contribution in [1.82, 2.24) is 0 Å². The van der Waals surface area contributed by atoms with Crippen LogP contribution in [0.2, 0.25) is 0 Å². The van der Waals surface area contributed by atoms with E-state index >= 15 is 0 Å². The highest BCUT2D eigenvalue weighted by Gasteiger charge is 2.42. The van der Waals surface area contributed by atoms with Crippen LogP contribution < -0.4 is 5.73 Å². The summed E-state index contributed by atoms with van der Waals surface area (Å²) in [5, 5.41) is 0. The molecule has 1 saturated carbocycles. The maximum absolute atomic E-state index is 6.49. The fourth-order valence-electron chi connectivity index (χ4n) is 3.19. The van der Waals surface area contributed by atoms with E-state index in [-0.39, 0.29) is 6.04 Å². The Morgan fingerprint density at radius 2 is 1.90 bits per heavy atom. The molecule has 104 valence electrons. The molecule has 0 aromatic heterocycles. The Hall–Kier alpha value is -1.60. The summed E-state index contributed by atoms with van der Waals surface area (Å²) in [4.78, 5) is 0. The molecule has 1 fully saturated rings. The van der Waals surface area contributed by atoms with Gasteiger partial charge in [-0.15, -0.1) is 0 Å². The van der Waals surface area contributed by atoms with Gasteiger partial charge >= 0.3 is 0 Å². The van der Waals surface area contributed by atoms with E-state index in [0.29, 0.717) is 11.8 Å². The molecule has 1 nitrogen and oxygen atoms in total. The second-order valence-corrected chi connectivity index (χ2v) is 5.94. The third-order valence-corrected chi connectivity index (χ3v) is 4.40. The Kier molecular flexibility index (Phi) is 3.88. The summed E-state index contributed by atoms with van der Waals surface area (Å²) in [6, 6.07) is 19.8. The zero-order chi connectivity index (χ0) is 13.9. The van der Waals surface area contributed by atoms with E-state index in [9.17, 15) is 0 Å². The predicted molar refractivity (Wildman–Crippen MR) is 84.7 cm³/mol. The largest absolute Gasteiger partial charge is 0.324 e. The van der Waals surface area contributed by atoms with Gasteiger partial charge in [-0.25, -0.2) is 0 Å². The number of aryl methyl sites for hydroxylation is 1. The molecular weight excluding hydrogens is 242 g/mol. The van der Waals surface area contributed by atoms with Crippen LogP contribution in [0.15, 0.2) is 54.6 Å². The third-order valence-electron chi connectivity index (χ3n) is 4.40. The summed E-state index contributed by atoms with van der Waals surface area (Å²) >= 11 is 0. The summed E-state index contributed by atoms with van der Waals surface area (Å²) < 4.78 is 0. The van der Waals surface area contributed by atoms with Gasteiger partial charge in [0.15, 0.2) is 0 Å². The fourth-order valence-corrected chi connectivity index (χ4v) is 3.19. The van der Waals surface area contributed by atoms with Gasteiger partial charge in [-0.2, -0.15) is 0 Å². The first-order valence-electron chi connectivity index (χ1n) is 7.69. The highest BCUT2D eigenvalue weighted by atomic mass is 14.7.